The van der Waals surface area contributed by atoms with Gasteiger partial charge in [0, 0.05) is 17.7 Å². The fourth-order valence-corrected chi connectivity index (χ4v) is 3.49. The molecule has 1 aliphatic rings. The second-order valence-corrected chi connectivity index (χ2v) is 5.83. The third-order valence-corrected chi connectivity index (χ3v) is 4.35. The summed E-state index contributed by atoms with van der Waals surface area (Å²) in [4.78, 5) is 10.9. The highest BCUT2D eigenvalue weighted by Gasteiger charge is 2.20. The lowest BCUT2D eigenvalue weighted by atomic mass is 10.0. The topological polar surface area (TPSA) is 72.9 Å². The average Bonchev–Trinajstić information content (AvgIpc) is 2.86. The monoisotopic (exact) mass is 288 g/mol. The van der Waals surface area contributed by atoms with E-state index in [9.17, 15) is 4.79 Å². The number of hydrogen-bond donors (Lipinski definition) is 2. The third-order valence-electron chi connectivity index (χ3n) is 3.26. The van der Waals surface area contributed by atoms with Gasteiger partial charge in [0.15, 0.2) is 0 Å². The molecule has 3 N–H and O–H groups in total. The molecule has 1 aromatic heterocycles. The zero-order chi connectivity index (χ0) is 13.9. The number of carbonyl (C=O) groups excluding carboxylic acids is 1. The van der Waals surface area contributed by atoms with Crippen LogP contribution in [0.1, 0.15) is 17.2 Å². The molecule has 0 saturated carbocycles. The first kappa shape index (κ1) is 13.1. The Morgan fingerprint density at radius 2 is 2.35 bits per heavy atom. The molecule has 2 heterocycles. The Hall–Kier alpha value is -1.95. The molecule has 20 heavy (non-hydrogen) atoms. The summed E-state index contributed by atoms with van der Waals surface area (Å²) < 4.78 is 1.55. The van der Waals surface area contributed by atoms with Crippen molar-refractivity contribution in [3.8, 4) is 0 Å². The molecule has 2 aromatic rings. The molecule has 6 heteroatoms. The van der Waals surface area contributed by atoms with E-state index in [-0.39, 0.29) is 12.6 Å². The summed E-state index contributed by atoms with van der Waals surface area (Å²) in [5.74, 6) is 1.70. The van der Waals surface area contributed by atoms with Crippen molar-refractivity contribution in [1.29, 1.82) is 0 Å². The smallest absolute Gasteiger partial charge is 0.239 e. The summed E-state index contributed by atoms with van der Waals surface area (Å²) in [7, 11) is 0. The van der Waals surface area contributed by atoms with E-state index in [0.29, 0.717) is 0 Å². The Bertz CT molecular complexity index is 625. The van der Waals surface area contributed by atoms with Gasteiger partial charge in [-0.3, -0.25) is 9.48 Å². The van der Waals surface area contributed by atoms with Crippen LogP contribution in [0.4, 0.5) is 5.69 Å². The fourth-order valence-electron chi connectivity index (χ4n) is 2.39. The van der Waals surface area contributed by atoms with Crippen molar-refractivity contribution in [3.63, 3.8) is 0 Å². The van der Waals surface area contributed by atoms with Gasteiger partial charge in [-0.25, -0.2) is 0 Å². The van der Waals surface area contributed by atoms with Crippen molar-refractivity contribution in [2.45, 2.75) is 18.3 Å². The quantitative estimate of drug-likeness (QED) is 0.899. The first-order valence-electron chi connectivity index (χ1n) is 6.45. The number of amides is 1. The molecule has 1 unspecified atom stereocenters. The molecule has 0 saturated heterocycles. The number of nitrogens with two attached hydrogens (primary N) is 1. The standard InChI is InChI=1S/C14H16N4OS/c15-14(19)7-18-6-11(5-16-18)17-13-9-20-8-10-3-1-2-4-12(10)13/h1-6,13,17H,7-9H2,(H2,15,19). The van der Waals surface area contributed by atoms with Crippen molar-refractivity contribution in [3.05, 3.63) is 47.8 Å². The predicted octanol–water partition coefficient (Wildman–Crippen LogP) is 1.77. The van der Waals surface area contributed by atoms with Gasteiger partial charge in [0.1, 0.15) is 6.54 Å². The fraction of sp³-hybridized carbons (Fsp3) is 0.286. The van der Waals surface area contributed by atoms with E-state index in [4.69, 9.17) is 5.73 Å². The SMILES string of the molecule is NC(=O)Cn1cc(NC2CSCc3ccccc32)cn1. The molecule has 3 rings (SSSR count). The Morgan fingerprint density at radius 1 is 1.50 bits per heavy atom. The summed E-state index contributed by atoms with van der Waals surface area (Å²) >= 11 is 1.92. The van der Waals surface area contributed by atoms with Gasteiger partial charge in [0.05, 0.1) is 17.9 Å². The molecular weight excluding hydrogens is 272 g/mol. The van der Waals surface area contributed by atoms with E-state index in [2.05, 4.69) is 34.7 Å². The molecule has 0 bridgehead atoms. The number of benzene rings is 1. The molecule has 104 valence electrons. The maximum atomic E-state index is 10.9. The molecule has 1 atom stereocenters. The van der Waals surface area contributed by atoms with Crippen LogP contribution in [0.3, 0.4) is 0 Å². The first-order chi connectivity index (χ1) is 9.72. The third kappa shape index (κ3) is 2.80. The van der Waals surface area contributed by atoms with E-state index in [0.717, 1.165) is 17.2 Å². The summed E-state index contributed by atoms with van der Waals surface area (Å²) in [5.41, 5.74) is 8.79. The van der Waals surface area contributed by atoms with Crippen LogP contribution in [0.2, 0.25) is 0 Å². The zero-order valence-corrected chi connectivity index (χ0v) is 11.8. The van der Waals surface area contributed by atoms with Crippen LogP contribution in [-0.2, 0) is 17.1 Å². The van der Waals surface area contributed by atoms with Crippen molar-refractivity contribution < 1.29 is 4.79 Å². The number of hydrogen-bond acceptors (Lipinski definition) is 4. The van der Waals surface area contributed by atoms with Gasteiger partial charge in [-0.15, -0.1) is 0 Å². The number of carbonyl (C=O) groups is 1. The highest BCUT2D eigenvalue weighted by molar-refractivity contribution is 7.98. The van der Waals surface area contributed by atoms with Crippen LogP contribution in [0.5, 0.6) is 0 Å². The summed E-state index contributed by atoms with van der Waals surface area (Å²) in [6, 6.07) is 8.76. The highest BCUT2D eigenvalue weighted by Crippen LogP contribution is 2.33. The van der Waals surface area contributed by atoms with Crippen molar-refractivity contribution in [1.82, 2.24) is 9.78 Å². The summed E-state index contributed by atoms with van der Waals surface area (Å²) in [6.07, 6.45) is 3.54. The maximum absolute atomic E-state index is 10.9. The van der Waals surface area contributed by atoms with Crippen LogP contribution >= 0.6 is 11.8 Å². The second kappa shape index (κ2) is 5.58. The minimum Gasteiger partial charge on any atom is -0.375 e. The van der Waals surface area contributed by atoms with Gasteiger partial charge in [0.2, 0.25) is 5.91 Å². The molecule has 5 nitrogen and oxygen atoms in total. The number of aromatic nitrogens is 2. The van der Waals surface area contributed by atoms with E-state index in [1.807, 2.05) is 18.0 Å². The molecular formula is C14H16N4OS. The lowest BCUT2D eigenvalue weighted by molar-refractivity contribution is -0.118. The Kier molecular flexibility index (Phi) is 3.64. The average molecular weight is 288 g/mol. The number of nitrogens with one attached hydrogen (secondary N) is 1. The van der Waals surface area contributed by atoms with E-state index >= 15 is 0 Å². The van der Waals surface area contributed by atoms with E-state index in [1.54, 1.807) is 10.9 Å². The molecule has 0 spiro atoms. The number of primary amides is 1. The van der Waals surface area contributed by atoms with Gasteiger partial charge in [-0.05, 0) is 11.1 Å². The van der Waals surface area contributed by atoms with Crippen LogP contribution in [0.25, 0.3) is 0 Å². The van der Waals surface area contributed by atoms with Crippen LogP contribution in [0, 0.1) is 0 Å². The summed E-state index contributed by atoms with van der Waals surface area (Å²) in [5, 5.41) is 7.60. The number of fused-ring (bicyclic) bond motifs is 1. The number of thioether (sulfide) groups is 1. The van der Waals surface area contributed by atoms with Crippen LogP contribution < -0.4 is 11.1 Å². The van der Waals surface area contributed by atoms with Crippen LogP contribution in [0.15, 0.2) is 36.7 Å². The van der Waals surface area contributed by atoms with Crippen LogP contribution in [-0.4, -0.2) is 21.4 Å². The minimum absolute atomic E-state index is 0.109. The molecule has 1 aliphatic heterocycles. The number of nitrogens with zero attached hydrogens (tertiary/aromatic N) is 2. The summed E-state index contributed by atoms with van der Waals surface area (Å²) in [6.45, 7) is 0.109. The largest absolute Gasteiger partial charge is 0.375 e. The van der Waals surface area contributed by atoms with Crippen molar-refractivity contribution >= 4 is 23.4 Å². The Morgan fingerprint density at radius 3 is 3.20 bits per heavy atom. The molecule has 1 amide bonds. The lowest BCUT2D eigenvalue weighted by Crippen LogP contribution is -2.19. The second-order valence-electron chi connectivity index (χ2n) is 4.80. The van der Waals surface area contributed by atoms with Gasteiger partial charge < -0.3 is 11.1 Å². The number of anilines is 1. The molecule has 0 fully saturated rings. The predicted molar refractivity (Wildman–Crippen MR) is 80.4 cm³/mol. The van der Waals surface area contributed by atoms with Crippen molar-refractivity contribution in [2.75, 3.05) is 11.1 Å². The first-order valence-corrected chi connectivity index (χ1v) is 7.60. The normalized spacial score (nSPS) is 17.5. The minimum atomic E-state index is -0.391. The maximum Gasteiger partial charge on any atom is 0.239 e. The number of rotatable bonds is 4. The Labute approximate surface area is 121 Å². The highest BCUT2D eigenvalue weighted by atomic mass is 32.2. The Balaban J connectivity index is 1.75. The zero-order valence-electron chi connectivity index (χ0n) is 11.0. The molecule has 0 radical (unpaired) electrons. The molecule has 0 aliphatic carbocycles. The molecule has 1 aromatic carbocycles. The van der Waals surface area contributed by atoms with Gasteiger partial charge in [0.25, 0.3) is 0 Å². The van der Waals surface area contributed by atoms with Gasteiger partial charge >= 0.3 is 0 Å². The van der Waals surface area contributed by atoms with Gasteiger partial charge in [-0.2, -0.15) is 16.9 Å². The lowest BCUT2D eigenvalue weighted by Gasteiger charge is -2.26. The van der Waals surface area contributed by atoms with E-state index in [1.165, 1.54) is 11.1 Å². The van der Waals surface area contributed by atoms with Gasteiger partial charge in [-0.1, -0.05) is 24.3 Å². The van der Waals surface area contributed by atoms with Crippen molar-refractivity contribution in [2.24, 2.45) is 5.73 Å². The van der Waals surface area contributed by atoms with E-state index < -0.39 is 5.91 Å².